The summed E-state index contributed by atoms with van der Waals surface area (Å²) in [6.45, 7) is 0. The van der Waals surface area contributed by atoms with Crippen LogP contribution in [0.2, 0.25) is 5.02 Å². The fourth-order valence-electron chi connectivity index (χ4n) is 4.94. The SMILES string of the molecule is COC(=O)Nc1ccc2c(c1)NC(=O)CCCCC(c1ccc(-c3c(F)ccc(Cl)c3F)c[n+]1[O-])c1ccc(F)c-2n1. The molecule has 2 amide bonds. The van der Waals surface area contributed by atoms with Crippen LogP contribution in [0.3, 0.4) is 0 Å². The van der Waals surface area contributed by atoms with E-state index in [1.54, 1.807) is 0 Å². The summed E-state index contributed by atoms with van der Waals surface area (Å²) >= 11 is 5.83. The zero-order valence-corrected chi connectivity index (χ0v) is 23.0. The standard InChI is InChI=1S/C30H24ClF3N4O4/c1-42-30(40)35-17-7-8-19-24(14-17)36-26(39)5-3-2-4-18(23-12-11-22(33)29(19)37-23)25-13-6-16(15-38(25)41)27-21(32)10-9-20(31)28(27)34/h6-15,18H,2-5H2,1H3,(H,35,40)(H,36,39). The maximum atomic E-state index is 15.2. The molecule has 2 N–H and O–H groups in total. The van der Waals surface area contributed by atoms with Crippen LogP contribution in [0.15, 0.2) is 60.8 Å². The number of anilines is 2. The number of halogens is 4. The second-order valence-corrected chi connectivity index (χ2v) is 10.1. The average molecular weight is 597 g/mol. The molecular formula is C30H24ClF3N4O4. The molecule has 1 aliphatic heterocycles. The number of nitrogens with zero attached hydrogens (tertiary/aromatic N) is 2. The summed E-state index contributed by atoms with van der Waals surface area (Å²) in [6.07, 6.45) is 1.87. The molecule has 2 aromatic heterocycles. The fraction of sp³-hybridized carbons (Fsp3) is 0.200. The molecule has 8 nitrogen and oxygen atoms in total. The van der Waals surface area contributed by atoms with Crippen LogP contribution in [-0.2, 0) is 9.53 Å². The predicted molar refractivity (Wildman–Crippen MR) is 150 cm³/mol. The predicted octanol–water partition coefficient (Wildman–Crippen LogP) is 6.94. The lowest BCUT2D eigenvalue weighted by Crippen LogP contribution is -2.34. The first-order chi connectivity index (χ1) is 20.2. The second-order valence-electron chi connectivity index (χ2n) is 9.68. The van der Waals surface area contributed by atoms with Gasteiger partial charge in [-0.05, 0) is 61.4 Å². The summed E-state index contributed by atoms with van der Waals surface area (Å²) in [5.74, 6) is -3.48. The molecule has 42 heavy (non-hydrogen) atoms. The number of rotatable bonds is 3. The smallest absolute Gasteiger partial charge is 0.411 e. The molecule has 4 aromatic rings. The zero-order chi connectivity index (χ0) is 30.0. The van der Waals surface area contributed by atoms with Crippen LogP contribution in [0.4, 0.5) is 29.3 Å². The first kappa shape index (κ1) is 28.9. The van der Waals surface area contributed by atoms with Crippen LogP contribution < -0.4 is 15.4 Å². The minimum Gasteiger partial charge on any atom is -0.618 e. The average Bonchev–Trinajstić information content (AvgIpc) is 2.96. The van der Waals surface area contributed by atoms with Crippen molar-refractivity contribution >= 4 is 35.0 Å². The van der Waals surface area contributed by atoms with E-state index in [0.717, 1.165) is 18.3 Å². The summed E-state index contributed by atoms with van der Waals surface area (Å²) in [4.78, 5) is 29.0. The van der Waals surface area contributed by atoms with Gasteiger partial charge in [0.1, 0.15) is 17.3 Å². The number of benzene rings is 2. The highest BCUT2D eigenvalue weighted by molar-refractivity contribution is 6.31. The lowest BCUT2D eigenvalue weighted by atomic mass is 9.91. The van der Waals surface area contributed by atoms with E-state index in [1.165, 1.54) is 49.6 Å². The fourth-order valence-corrected chi connectivity index (χ4v) is 5.09. The van der Waals surface area contributed by atoms with Gasteiger partial charge >= 0.3 is 6.09 Å². The van der Waals surface area contributed by atoms with E-state index in [-0.39, 0.29) is 45.6 Å². The minimum atomic E-state index is -0.984. The summed E-state index contributed by atoms with van der Waals surface area (Å²) < 4.78 is 49.5. The maximum absolute atomic E-state index is 15.2. The van der Waals surface area contributed by atoms with Crippen LogP contribution >= 0.6 is 11.6 Å². The number of aromatic nitrogens is 2. The van der Waals surface area contributed by atoms with E-state index < -0.39 is 35.0 Å². The largest absolute Gasteiger partial charge is 0.618 e. The van der Waals surface area contributed by atoms with Gasteiger partial charge in [0.15, 0.2) is 12.0 Å². The van der Waals surface area contributed by atoms with E-state index in [9.17, 15) is 23.6 Å². The number of amides is 2. The van der Waals surface area contributed by atoms with Gasteiger partial charge in [-0.15, -0.1) is 0 Å². The minimum absolute atomic E-state index is 0.00544. The first-order valence-corrected chi connectivity index (χ1v) is 13.4. The van der Waals surface area contributed by atoms with Gasteiger partial charge in [-0.2, -0.15) is 4.73 Å². The van der Waals surface area contributed by atoms with Crippen molar-refractivity contribution < 1.29 is 32.2 Å². The van der Waals surface area contributed by atoms with Gasteiger partial charge < -0.3 is 15.3 Å². The Morgan fingerprint density at radius 3 is 2.64 bits per heavy atom. The highest BCUT2D eigenvalue weighted by Gasteiger charge is 2.27. The molecule has 5 rings (SSSR count). The number of ether oxygens (including phenoxy) is 1. The molecule has 2 bridgehead atoms. The number of fused-ring (bicyclic) bond motifs is 4. The Labute approximate surface area is 243 Å². The van der Waals surface area contributed by atoms with Crippen LogP contribution in [-0.4, -0.2) is 24.1 Å². The van der Waals surface area contributed by atoms with Gasteiger partial charge in [-0.3, -0.25) is 10.1 Å². The number of methoxy groups -OCH3 is 1. The van der Waals surface area contributed by atoms with Crippen molar-refractivity contribution in [3.8, 4) is 22.4 Å². The summed E-state index contributed by atoms with van der Waals surface area (Å²) in [5, 5.41) is 18.3. The van der Waals surface area contributed by atoms with Crippen molar-refractivity contribution in [2.24, 2.45) is 0 Å². The molecule has 0 saturated carbocycles. The Morgan fingerprint density at radius 2 is 1.88 bits per heavy atom. The van der Waals surface area contributed by atoms with Gasteiger partial charge in [0.05, 0.1) is 40.6 Å². The van der Waals surface area contributed by atoms with Gasteiger partial charge in [0, 0.05) is 23.7 Å². The molecular weight excluding hydrogens is 573 g/mol. The van der Waals surface area contributed by atoms with E-state index in [4.69, 9.17) is 11.6 Å². The Bertz CT molecular complexity index is 1700. The first-order valence-electron chi connectivity index (χ1n) is 13.0. The van der Waals surface area contributed by atoms with Crippen molar-refractivity contribution in [1.82, 2.24) is 4.98 Å². The normalized spacial score (nSPS) is 15.1. The van der Waals surface area contributed by atoms with Crippen LogP contribution in [0, 0.1) is 22.7 Å². The third-order valence-corrected chi connectivity index (χ3v) is 7.28. The summed E-state index contributed by atoms with van der Waals surface area (Å²) in [6, 6.07) is 12.2. The number of nitrogens with one attached hydrogen (secondary N) is 2. The molecule has 1 unspecified atom stereocenters. The topological polar surface area (TPSA) is 107 Å². The molecule has 0 spiro atoms. The molecule has 1 aliphatic rings. The zero-order valence-electron chi connectivity index (χ0n) is 22.2. The van der Waals surface area contributed by atoms with Gasteiger partial charge in [-0.1, -0.05) is 18.0 Å². The Hall–Kier alpha value is -4.64. The Morgan fingerprint density at radius 1 is 1.10 bits per heavy atom. The van der Waals surface area contributed by atoms with Crippen molar-refractivity contribution in [2.75, 3.05) is 17.7 Å². The monoisotopic (exact) mass is 596 g/mol. The molecule has 12 heteroatoms. The third-order valence-electron chi connectivity index (χ3n) is 6.99. The van der Waals surface area contributed by atoms with Gasteiger partial charge in [0.25, 0.3) is 0 Å². The molecule has 0 saturated heterocycles. The van der Waals surface area contributed by atoms with E-state index in [2.05, 4.69) is 20.4 Å². The highest BCUT2D eigenvalue weighted by Crippen LogP contribution is 2.36. The molecule has 3 heterocycles. The quantitative estimate of drug-likeness (QED) is 0.151. The van der Waals surface area contributed by atoms with Crippen LogP contribution in [0.5, 0.6) is 0 Å². The summed E-state index contributed by atoms with van der Waals surface area (Å²) in [5.41, 5.74) is 0.901. The third kappa shape index (κ3) is 5.87. The van der Waals surface area contributed by atoms with Crippen molar-refractivity contribution in [1.29, 1.82) is 0 Å². The molecule has 1 atom stereocenters. The van der Waals surface area contributed by atoms with Crippen molar-refractivity contribution in [2.45, 2.75) is 31.6 Å². The lowest BCUT2D eigenvalue weighted by molar-refractivity contribution is -0.614. The van der Waals surface area contributed by atoms with Crippen molar-refractivity contribution in [3.63, 3.8) is 0 Å². The molecule has 0 radical (unpaired) electrons. The Balaban J connectivity index is 1.60. The molecule has 216 valence electrons. The lowest BCUT2D eigenvalue weighted by Gasteiger charge is -2.20. The second kappa shape index (κ2) is 12.1. The summed E-state index contributed by atoms with van der Waals surface area (Å²) in [7, 11) is 1.21. The molecule has 2 aromatic carbocycles. The van der Waals surface area contributed by atoms with E-state index in [0.29, 0.717) is 35.4 Å². The maximum Gasteiger partial charge on any atom is 0.411 e. The highest BCUT2D eigenvalue weighted by atomic mass is 35.5. The number of pyridine rings is 2. The van der Waals surface area contributed by atoms with E-state index >= 15 is 4.39 Å². The van der Waals surface area contributed by atoms with Gasteiger partial charge in [-0.25, -0.2) is 22.9 Å². The number of carbonyl (C=O) groups excluding carboxylic acids is 2. The van der Waals surface area contributed by atoms with Crippen LogP contribution in [0.1, 0.15) is 43.0 Å². The Kier molecular flexibility index (Phi) is 8.30. The van der Waals surface area contributed by atoms with Gasteiger partial charge in [0.2, 0.25) is 11.6 Å². The number of hydrogen-bond acceptors (Lipinski definition) is 5. The number of carbonyl (C=O) groups is 2. The van der Waals surface area contributed by atoms with E-state index in [1.807, 2.05) is 0 Å². The number of hydrogen-bond donors (Lipinski definition) is 2. The molecule has 0 aliphatic carbocycles. The van der Waals surface area contributed by atoms with Crippen LogP contribution in [0.25, 0.3) is 22.4 Å². The van der Waals surface area contributed by atoms with Crippen molar-refractivity contribution in [3.05, 3.63) is 99.9 Å². The molecule has 0 fully saturated rings.